The summed E-state index contributed by atoms with van der Waals surface area (Å²) in [6.45, 7) is 5.81. The third kappa shape index (κ3) is 2.73. The molecule has 5 heteroatoms. The first-order chi connectivity index (χ1) is 9.45. The Morgan fingerprint density at radius 2 is 2.15 bits per heavy atom. The number of carbonyl (C=O) groups is 2. The Labute approximate surface area is 126 Å². The van der Waals surface area contributed by atoms with E-state index in [-0.39, 0.29) is 17.2 Å². The number of hydrogen-bond donors (Lipinski definition) is 0. The van der Waals surface area contributed by atoms with Gasteiger partial charge < -0.3 is 9.47 Å². The number of halogens is 1. The van der Waals surface area contributed by atoms with E-state index in [4.69, 9.17) is 9.47 Å². The summed E-state index contributed by atoms with van der Waals surface area (Å²) >= 11 is 3.39. The number of aryl methyl sites for hydroxylation is 1. The second-order valence-electron chi connectivity index (χ2n) is 4.80. The lowest BCUT2D eigenvalue weighted by atomic mass is 9.98. The normalized spacial score (nSPS) is 17.0. The number of benzene rings is 1. The summed E-state index contributed by atoms with van der Waals surface area (Å²) in [5.41, 5.74) is 3.57. The van der Waals surface area contributed by atoms with E-state index in [9.17, 15) is 9.59 Å². The van der Waals surface area contributed by atoms with Crippen molar-refractivity contribution in [2.24, 2.45) is 0 Å². The van der Waals surface area contributed by atoms with Crippen molar-refractivity contribution >= 4 is 27.7 Å². The van der Waals surface area contributed by atoms with E-state index in [0.717, 1.165) is 22.3 Å². The Balaban J connectivity index is 2.30. The van der Waals surface area contributed by atoms with Crippen molar-refractivity contribution in [1.82, 2.24) is 0 Å². The number of rotatable bonds is 4. The van der Waals surface area contributed by atoms with Crippen LogP contribution in [0.5, 0.6) is 5.75 Å². The highest BCUT2D eigenvalue weighted by molar-refractivity contribution is 9.10. The Morgan fingerprint density at radius 1 is 1.45 bits per heavy atom. The van der Waals surface area contributed by atoms with Gasteiger partial charge in [-0.3, -0.25) is 4.79 Å². The SMILES string of the molecule is CCOC(=O)COc1cc(C)c(C)c2c1CC(Br)C2=O. The zero-order chi connectivity index (χ0) is 14.9. The van der Waals surface area contributed by atoms with Crippen molar-refractivity contribution in [1.29, 1.82) is 0 Å². The molecule has 0 aromatic heterocycles. The van der Waals surface area contributed by atoms with Crippen molar-refractivity contribution in [2.45, 2.75) is 32.0 Å². The van der Waals surface area contributed by atoms with Crippen LogP contribution in [0.15, 0.2) is 6.07 Å². The summed E-state index contributed by atoms with van der Waals surface area (Å²) in [5, 5.41) is 0. The highest BCUT2D eigenvalue weighted by Crippen LogP contribution is 2.37. The van der Waals surface area contributed by atoms with E-state index in [1.165, 1.54) is 0 Å². The average Bonchev–Trinajstić information content (AvgIpc) is 2.69. The van der Waals surface area contributed by atoms with E-state index in [2.05, 4.69) is 15.9 Å². The fourth-order valence-corrected chi connectivity index (χ4v) is 2.92. The summed E-state index contributed by atoms with van der Waals surface area (Å²) in [6, 6.07) is 1.88. The lowest BCUT2D eigenvalue weighted by molar-refractivity contribution is -0.145. The highest BCUT2D eigenvalue weighted by atomic mass is 79.9. The lowest BCUT2D eigenvalue weighted by Crippen LogP contribution is -2.15. The van der Waals surface area contributed by atoms with Gasteiger partial charge in [0.25, 0.3) is 0 Å². The molecule has 1 aliphatic carbocycles. The number of fused-ring (bicyclic) bond motifs is 1. The van der Waals surface area contributed by atoms with Gasteiger partial charge in [0.2, 0.25) is 0 Å². The molecule has 0 amide bonds. The van der Waals surface area contributed by atoms with Crippen LogP contribution in [0.25, 0.3) is 0 Å². The Kier molecular flexibility index (Phi) is 4.48. The molecular weight excluding hydrogens is 324 g/mol. The van der Waals surface area contributed by atoms with Crippen molar-refractivity contribution < 1.29 is 19.1 Å². The number of ether oxygens (including phenoxy) is 2. The van der Waals surface area contributed by atoms with Crippen LogP contribution < -0.4 is 4.74 Å². The fourth-order valence-electron chi connectivity index (χ4n) is 2.37. The molecule has 0 spiro atoms. The second kappa shape index (κ2) is 5.95. The van der Waals surface area contributed by atoms with E-state index in [1.54, 1.807) is 6.92 Å². The quantitative estimate of drug-likeness (QED) is 0.624. The number of hydrogen-bond acceptors (Lipinski definition) is 4. The van der Waals surface area contributed by atoms with Gasteiger partial charge in [-0.15, -0.1) is 0 Å². The maximum Gasteiger partial charge on any atom is 0.344 e. The summed E-state index contributed by atoms with van der Waals surface area (Å²) in [4.78, 5) is 23.3. The summed E-state index contributed by atoms with van der Waals surface area (Å²) in [7, 11) is 0. The molecule has 0 heterocycles. The minimum Gasteiger partial charge on any atom is -0.482 e. The van der Waals surface area contributed by atoms with Gasteiger partial charge in [0.15, 0.2) is 12.4 Å². The van der Waals surface area contributed by atoms with Gasteiger partial charge in [-0.2, -0.15) is 0 Å². The topological polar surface area (TPSA) is 52.6 Å². The molecular formula is C15H17BrO4. The number of Topliss-reactive ketones (excluding diaryl/α,β-unsaturated/α-hetero) is 1. The predicted octanol–water partition coefficient (Wildman–Crippen LogP) is 2.75. The smallest absolute Gasteiger partial charge is 0.344 e. The predicted molar refractivity (Wildman–Crippen MR) is 78.8 cm³/mol. The maximum atomic E-state index is 12.2. The molecule has 1 atom stereocenters. The molecule has 2 rings (SSSR count). The van der Waals surface area contributed by atoms with Crippen LogP contribution in [0.1, 0.15) is 34.0 Å². The summed E-state index contributed by atoms with van der Waals surface area (Å²) in [6.07, 6.45) is 0.591. The van der Waals surface area contributed by atoms with Crippen LogP contribution in [-0.2, 0) is 16.0 Å². The molecule has 0 radical (unpaired) electrons. The Bertz CT molecular complexity index is 565. The van der Waals surface area contributed by atoms with E-state index >= 15 is 0 Å². The molecule has 108 valence electrons. The van der Waals surface area contributed by atoms with Gasteiger partial charge in [0.1, 0.15) is 5.75 Å². The molecule has 1 aromatic rings. The molecule has 0 aliphatic heterocycles. The number of alkyl halides is 1. The molecule has 4 nitrogen and oxygen atoms in total. The van der Waals surface area contributed by atoms with Crippen LogP contribution in [-0.4, -0.2) is 29.8 Å². The molecule has 0 saturated carbocycles. The van der Waals surface area contributed by atoms with Gasteiger partial charge in [-0.05, 0) is 44.4 Å². The van der Waals surface area contributed by atoms with Crippen LogP contribution in [0, 0.1) is 13.8 Å². The molecule has 1 aromatic carbocycles. The average molecular weight is 341 g/mol. The summed E-state index contributed by atoms with van der Waals surface area (Å²) in [5.74, 6) is 0.285. The van der Waals surface area contributed by atoms with Crippen molar-refractivity contribution in [2.75, 3.05) is 13.2 Å². The van der Waals surface area contributed by atoms with Gasteiger partial charge in [-0.25, -0.2) is 4.79 Å². The third-order valence-corrected chi connectivity index (χ3v) is 4.22. The maximum absolute atomic E-state index is 12.2. The molecule has 0 fully saturated rings. The third-order valence-electron chi connectivity index (χ3n) is 3.48. The van der Waals surface area contributed by atoms with Crippen LogP contribution >= 0.6 is 15.9 Å². The van der Waals surface area contributed by atoms with E-state index in [0.29, 0.717) is 18.8 Å². The molecule has 1 unspecified atom stereocenters. The zero-order valence-corrected chi connectivity index (χ0v) is 13.4. The minimum atomic E-state index is -0.404. The number of carbonyl (C=O) groups excluding carboxylic acids is 2. The molecule has 0 saturated heterocycles. The van der Waals surface area contributed by atoms with Crippen molar-refractivity contribution in [3.63, 3.8) is 0 Å². The van der Waals surface area contributed by atoms with Crippen LogP contribution in [0.4, 0.5) is 0 Å². The largest absolute Gasteiger partial charge is 0.482 e. The molecule has 0 N–H and O–H groups in total. The second-order valence-corrected chi connectivity index (χ2v) is 5.91. The van der Waals surface area contributed by atoms with E-state index < -0.39 is 5.97 Å². The first-order valence-corrected chi connectivity index (χ1v) is 7.47. The van der Waals surface area contributed by atoms with Gasteiger partial charge >= 0.3 is 5.97 Å². The zero-order valence-electron chi connectivity index (χ0n) is 11.8. The highest BCUT2D eigenvalue weighted by Gasteiger charge is 2.33. The van der Waals surface area contributed by atoms with Crippen molar-refractivity contribution in [3.05, 3.63) is 28.3 Å². The van der Waals surface area contributed by atoms with Gasteiger partial charge in [0.05, 0.1) is 11.4 Å². The van der Waals surface area contributed by atoms with E-state index in [1.807, 2.05) is 19.9 Å². The van der Waals surface area contributed by atoms with Crippen molar-refractivity contribution in [3.8, 4) is 5.75 Å². The van der Waals surface area contributed by atoms with Gasteiger partial charge in [-0.1, -0.05) is 15.9 Å². The molecule has 20 heavy (non-hydrogen) atoms. The first kappa shape index (κ1) is 15.0. The fraction of sp³-hybridized carbons (Fsp3) is 0.467. The number of esters is 1. The molecule has 0 bridgehead atoms. The lowest BCUT2D eigenvalue weighted by Gasteiger charge is -2.13. The monoisotopic (exact) mass is 340 g/mol. The standard InChI is InChI=1S/C15H17BrO4/c1-4-19-13(17)7-20-12-5-8(2)9(3)14-10(12)6-11(16)15(14)18/h5,11H,4,6-7H2,1-3H3. The minimum absolute atomic E-state index is 0.0854. The van der Waals surface area contributed by atoms with Crippen LogP contribution in [0.2, 0.25) is 0 Å². The Hall–Kier alpha value is -1.36. The summed E-state index contributed by atoms with van der Waals surface area (Å²) < 4.78 is 10.4. The molecule has 1 aliphatic rings. The van der Waals surface area contributed by atoms with Gasteiger partial charge in [0, 0.05) is 11.1 Å². The Morgan fingerprint density at radius 3 is 2.80 bits per heavy atom. The first-order valence-electron chi connectivity index (χ1n) is 6.55. The number of ketones is 1. The van der Waals surface area contributed by atoms with Crippen LogP contribution in [0.3, 0.4) is 0 Å².